The summed E-state index contributed by atoms with van der Waals surface area (Å²) < 4.78 is 47.1. The first-order chi connectivity index (χ1) is 18.0. The number of rotatable bonds is 11. The van der Waals surface area contributed by atoms with Gasteiger partial charge < -0.3 is 35.6 Å². The molecule has 3 aromatic rings. The van der Waals surface area contributed by atoms with Gasteiger partial charge in [-0.1, -0.05) is 18.2 Å². The molecular formula is C21H27FN7O8P. The Labute approximate surface area is 215 Å². The van der Waals surface area contributed by atoms with Crippen molar-refractivity contribution >= 4 is 36.6 Å². The summed E-state index contributed by atoms with van der Waals surface area (Å²) in [6.45, 7) is -0.654. The summed E-state index contributed by atoms with van der Waals surface area (Å²) in [5.41, 5.74) is 3.27. The number of benzene rings is 1. The Hall–Kier alpha value is -3.40. The largest absolute Gasteiger partial charge is 0.480 e. The molecule has 6 atom stereocenters. The number of ether oxygens (including phenoxy) is 1. The molecule has 1 fully saturated rings. The first-order valence-electron chi connectivity index (χ1n) is 11.3. The van der Waals surface area contributed by atoms with Crippen molar-refractivity contribution in [2.75, 3.05) is 31.3 Å². The fourth-order valence-corrected chi connectivity index (χ4v) is 5.37. The fourth-order valence-electron chi connectivity index (χ4n) is 3.86. The van der Waals surface area contributed by atoms with E-state index in [1.54, 1.807) is 25.2 Å². The van der Waals surface area contributed by atoms with Gasteiger partial charge in [0.1, 0.15) is 24.0 Å². The van der Waals surface area contributed by atoms with Gasteiger partial charge in [0.05, 0.1) is 19.5 Å². The third-order valence-corrected chi connectivity index (χ3v) is 7.47. The molecule has 1 aliphatic heterocycles. The molecule has 1 aromatic carbocycles. The molecule has 2 aromatic heterocycles. The maximum absolute atomic E-state index is 16.0. The molecule has 7 N–H and O–H groups in total. The van der Waals surface area contributed by atoms with Crippen molar-refractivity contribution in [2.45, 2.75) is 37.1 Å². The second-order valence-electron chi connectivity index (χ2n) is 8.45. The summed E-state index contributed by atoms with van der Waals surface area (Å²) in [6.07, 6.45) is -3.92. The van der Waals surface area contributed by atoms with Crippen LogP contribution in [0.25, 0.3) is 11.2 Å². The van der Waals surface area contributed by atoms with Gasteiger partial charge >= 0.3 is 13.7 Å². The number of carboxylic acid groups (broad SMARTS) is 1. The van der Waals surface area contributed by atoms with Crippen LogP contribution in [-0.4, -0.2) is 85.0 Å². The summed E-state index contributed by atoms with van der Waals surface area (Å²) in [7, 11) is -2.81. The maximum atomic E-state index is 16.0. The van der Waals surface area contributed by atoms with Crippen LogP contribution in [0.5, 0.6) is 5.75 Å². The van der Waals surface area contributed by atoms with Crippen LogP contribution in [0.15, 0.2) is 36.7 Å². The number of halogens is 1. The molecular weight excluding hydrogens is 528 g/mol. The minimum absolute atomic E-state index is 0.0612. The van der Waals surface area contributed by atoms with Crippen molar-refractivity contribution in [1.29, 1.82) is 0 Å². The molecule has 0 saturated carbocycles. The van der Waals surface area contributed by atoms with E-state index in [4.69, 9.17) is 19.5 Å². The van der Waals surface area contributed by atoms with Gasteiger partial charge in [-0.3, -0.25) is 13.9 Å². The molecule has 206 valence electrons. The molecule has 3 heterocycles. The minimum Gasteiger partial charge on any atom is -0.480 e. The van der Waals surface area contributed by atoms with Crippen molar-refractivity contribution in [3.05, 3.63) is 36.7 Å². The Kier molecular flexibility index (Phi) is 7.83. The van der Waals surface area contributed by atoms with E-state index >= 15 is 4.39 Å². The predicted molar refractivity (Wildman–Crippen MR) is 131 cm³/mol. The molecule has 15 nitrogen and oxygen atoms in total. The highest BCUT2D eigenvalue weighted by atomic mass is 31.2. The van der Waals surface area contributed by atoms with Gasteiger partial charge in [0.15, 0.2) is 23.2 Å². The van der Waals surface area contributed by atoms with Crippen molar-refractivity contribution < 1.29 is 42.9 Å². The summed E-state index contributed by atoms with van der Waals surface area (Å²) in [5.74, 6) is -1.12. The van der Waals surface area contributed by atoms with Crippen LogP contribution in [-0.2, 0) is 18.6 Å². The molecule has 1 aliphatic rings. The average Bonchev–Trinajstić information content (AvgIpc) is 3.41. The highest BCUT2D eigenvalue weighted by Crippen LogP contribution is 2.48. The number of nitrogens with two attached hydrogens (primary N) is 1. The number of para-hydroxylation sites is 1. The van der Waals surface area contributed by atoms with Crippen LogP contribution in [0.4, 0.5) is 16.2 Å². The third kappa shape index (κ3) is 5.27. The lowest BCUT2D eigenvalue weighted by molar-refractivity contribution is -0.138. The van der Waals surface area contributed by atoms with Crippen LogP contribution >= 0.6 is 7.75 Å². The second-order valence-corrected chi connectivity index (χ2v) is 10.1. The smallest absolute Gasteiger partial charge is 0.459 e. The van der Waals surface area contributed by atoms with Crippen molar-refractivity contribution in [3.8, 4) is 5.75 Å². The Bertz CT molecular complexity index is 1350. The van der Waals surface area contributed by atoms with Gasteiger partial charge in [0, 0.05) is 7.05 Å². The van der Waals surface area contributed by atoms with Crippen LogP contribution in [0.1, 0.15) is 13.2 Å². The number of hydrogen-bond donors (Lipinski definition) is 6. The van der Waals surface area contributed by atoms with Crippen LogP contribution < -0.4 is 20.7 Å². The highest BCUT2D eigenvalue weighted by Gasteiger charge is 2.59. The molecule has 4 rings (SSSR count). The quantitative estimate of drug-likeness (QED) is 0.179. The van der Waals surface area contributed by atoms with Crippen LogP contribution in [0, 0.1) is 0 Å². The van der Waals surface area contributed by atoms with Gasteiger partial charge in [0.2, 0.25) is 11.6 Å². The fraction of sp³-hybridized carbons (Fsp3) is 0.429. The monoisotopic (exact) mass is 555 g/mol. The van der Waals surface area contributed by atoms with Crippen molar-refractivity contribution in [2.24, 2.45) is 0 Å². The zero-order chi connectivity index (χ0) is 27.7. The van der Waals surface area contributed by atoms with Gasteiger partial charge in [-0.05, 0) is 19.1 Å². The molecule has 0 radical (unpaired) electrons. The Balaban J connectivity index is 1.61. The summed E-state index contributed by atoms with van der Waals surface area (Å²) in [5, 5.41) is 35.0. The normalized spacial score (nSPS) is 25.7. The first kappa shape index (κ1) is 27.6. The van der Waals surface area contributed by atoms with E-state index in [1.165, 1.54) is 25.4 Å². The van der Waals surface area contributed by atoms with Crippen LogP contribution in [0.3, 0.4) is 0 Å². The number of nitrogen functional groups attached to an aromatic ring is 1. The van der Waals surface area contributed by atoms with Gasteiger partial charge in [-0.2, -0.15) is 15.1 Å². The lowest BCUT2D eigenvalue weighted by Crippen LogP contribution is -2.46. The maximum Gasteiger partial charge on any atom is 0.459 e. The van der Waals surface area contributed by atoms with E-state index in [2.05, 4.69) is 25.4 Å². The van der Waals surface area contributed by atoms with Gasteiger partial charge in [-0.25, -0.2) is 13.9 Å². The molecule has 17 heteroatoms. The molecule has 0 amide bonds. The molecule has 1 saturated heterocycles. The Morgan fingerprint density at radius 1 is 1.37 bits per heavy atom. The number of aliphatic hydroxyl groups is 2. The number of fused-ring (bicyclic) bond motifs is 1. The number of imidazole rings is 1. The minimum atomic E-state index is -4.39. The number of anilines is 2. The molecule has 0 aliphatic carbocycles. The molecule has 0 spiro atoms. The third-order valence-electron chi connectivity index (χ3n) is 5.83. The van der Waals surface area contributed by atoms with E-state index in [0.29, 0.717) is 0 Å². The predicted octanol–water partition coefficient (Wildman–Crippen LogP) is 0.676. The van der Waals surface area contributed by atoms with Crippen molar-refractivity contribution in [1.82, 2.24) is 24.6 Å². The number of hydrogen-bond acceptors (Lipinski definition) is 12. The SMILES string of the molecule is CNc1nc(N)nc2c1ncn2[C@@H]1O[C@H](COP(=O)(N[C@H](C)C(=O)O)Oc2ccccc2)[C@@H](O)[C@]1(F)CO. The van der Waals surface area contributed by atoms with Crippen LogP contribution in [0.2, 0.25) is 0 Å². The van der Waals surface area contributed by atoms with Gasteiger partial charge in [0.25, 0.3) is 0 Å². The zero-order valence-corrected chi connectivity index (χ0v) is 21.2. The van der Waals surface area contributed by atoms with E-state index < -0.39 is 57.1 Å². The topological polar surface area (TPSA) is 216 Å². The van der Waals surface area contributed by atoms with E-state index in [1.807, 2.05) is 0 Å². The summed E-state index contributed by atoms with van der Waals surface area (Å²) >= 11 is 0. The molecule has 1 unspecified atom stereocenters. The zero-order valence-electron chi connectivity index (χ0n) is 20.3. The lowest BCUT2D eigenvalue weighted by atomic mass is 9.97. The summed E-state index contributed by atoms with van der Waals surface area (Å²) in [6, 6.07) is 6.46. The number of nitrogens with one attached hydrogen (secondary N) is 2. The van der Waals surface area contributed by atoms with Crippen molar-refractivity contribution in [3.63, 3.8) is 0 Å². The van der Waals surface area contributed by atoms with E-state index in [9.17, 15) is 24.7 Å². The Morgan fingerprint density at radius 2 is 2.08 bits per heavy atom. The lowest BCUT2D eigenvalue weighted by Gasteiger charge is -2.27. The standard InChI is InChI=1S/C21H27FN7O8P/c1-11(18(32)33)28-38(34,37-12-6-4-3-5-7-12)35-8-13-15(31)21(22,9-30)19(36-13)29-10-25-14-16(24-2)26-20(23)27-17(14)29/h3-7,10-11,13,15,19,30-31H,8-9H2,1-2H3,(H,28,34)(H,32,33)(H3,23,24,26,27)/t11-,13-,15-,19-,21-,38?/m1/s1. The first-order valence-corrected chi connectivity index (χ1v) is 12.9. The number of carbonyl (C=O) groups is 1. The number of alkyl halides is 1. The number of carboxylic acids is 1. The van der Waals surface area contributed by atoms with Gasteiger partial charge in [-0.15, -0.1) is 0 Å². The number of aromatic nitrogens is 4. The number of nitrogens with zero attached hydrogens (tertiary/aromatic N) is 4. The van der Waals surface area contributed by atoms with E-state index in [-0.39, 0.29) is 28.7 Å². The highest BCUT2D eigenvalue weighted by molar-refractivity contribution is 7.52. The average molecular weight is 555 g/mol. The number of aliphatic hydroxyl groups excluding tert-OH is 2. The Morgan fingerprint density at radius 3 is 2.71 bits per heavy atom. The second kappa shape index (κ2) is 10.8. The molecule has 38 heavy (non-hydrogen) atoms. The molecule has 0 bridgehead atoms. The summed E-state index contributed by atoms with van der Waals surface area (Å²) in [4.78, 5) is 23.6. The number of aliphatic carboxylic acids is 1. The van der Waals surface area contributed by atoms with E-state index in [0.717, 1.165) is 4.57 Å².